The minimum Gasteiger partial charge on any atom is -0.394 e. The Balaban J connectivity index is 1.29. The molecule has 13 nitrogen and oxygen atoms in total. The number of ether oxygens (including phenoxy) is 4. The van der Waals surface area contributed by atoms with Gasteiger partial charge in [0.1, 0.15) is 48.8 Å². The molecule has 0 bridgehead atoms. The molecule has 5 rings (SSSR count). The Labute approximate surface area is 263 Å². The smallest absolute Gasteiger partial charge is 0.186 e. The topological polar surface area (TPSA) is 219 Å². The third-order valence-electron chi connectivity index (χ3n) is 11.7. The molecule has 2 saturated carbocycles. The summed E-state index contributed by atoms with van der Waals surface area (Å²) in [5, 5.41) is 94.3. The highest BCUT2D eigenvalue weighted by Crippen LogP contribution is 2.63. The van der Waals surface area contributed by atoms with Crippen LogP contribution in [0.25, 0.3) is 0 Å². The lowest BCUT2D eigenvalue weighted by Gasteiger charge is -2.62. The molecule has 258 valence electrons. The summed E-state index contributed by atoms with van der Waals surface area (Å²) < 4.78 is 22.7. The van der Waals surface area contributed by atoms with Crippen molar-refractivity contribution in [2.75, 3.05) is 19.8 Å². The Kier molecular flexibility index (Phi) is 10.3. The van der Waals surface area contributed by atoms with Crippen molar-refractivity contribution in [3.63, 3.8) is 0 Å². The average molecular weight is 645 g/mol. The van der Waals surface area contributed by atoms with Crippen LogP contribution in [0.15, 0.2) is 24.3 Å². The molecular formula is C32H52O13. The van der Waals surface area contributed by atoms with E-state index in [1.54, 1.807) is 0 Å². The second-order valence-corrected chi connectivity index (χ2v) is 14.8. The molecule has 45 heavy (non-hydrogen) atoms. The van der Waals surface area contributed by atoms with Crippen LogP contribution in [-0.2, 0) is 18.9 Å². The van der Waals surface area contributed by atoms with E-state index in [9.17, 15) is 46.0 Å². The van der Waals surface area contributed by atoms with Gasteiger partial charge in [-0.05, 0) is 54.8 Å². The highest BCUT2D eigenvalue weighted by molar-refractivity contribution is 5.26. The van der Waals surface area contributed by atoms with Gasteiger partial charge in [-0.15, -0.1) is 6.58 Å². The van der Waals surface area contributed by atoms with Gasteiger partial charge in [0.25, 0.3) is 0 Å². The Morgan fingerprint density at radius 3 is 2.09 bits per heavy atom. The molecule has 0 unspecified atom stereocenters. The number of hydrogen-bond donors (Lipinski definition) is 9. The van der Waals surface area contributed by atoms with E-state index >= 15 is 0 Å². The van der Waals surface area contributed by atoms with Crippen LogP contribution in [0.4, 0.5) is 0 Å². The molecule has 13 heteroatoms. The van der Waals surface area contributed by atoms with Crippen molar-refractivity contribution in [2.45, 2.75) is 126 Å². The summed E-state index contributed by atoms with van der Waals surface area (Å²) in [5.41, 5.74) is 0.0975. The molecule has 9 N–H and O–H groups in total. The Bertz CT molecular complexity index is 1090. The lowest BCUT2D eigenvalue weighted by Crippen LogP contribution is -2.64. The lowest BCUT2D eigenvalue weighted by molar-refractivity contribution is -0.336. The number of allylic oxidation sites excluding steroid dienone is 3. The summed E-state index contributed by atoms with van der Waals surface area (Å²) in [4.78, 5) is 0. The van der Waals surface area contributed by atoms with Gasteiger partial charge in [0, 0.05) is 5.41 Å². The minimum atomic E-state index is -1.70. The van der Waals surface area contributed by atoms with E-state index in [0.717, 1.165) is 19.3 Å². The van der Waals surface area contributed by atoms with Gasteiger partial charge >= 0.3 is 0 Å². The minimum absolute atomic E-state index is 0.0215. The number of aliphatic hydroxyl groups excluding tert-OH is 9. The molecule has 4 fully saturated rings. The Morgan fingerprint density at radius 1 is 0.867 bits per heavy atom. The van der Waals surface area contributed by atoms with E-state index in [1.165, 1.54) is 5.57 Å². The molecule has 2 aliphatic heterocycles. The predicted octanol–water partition coefficient (Wildman–Crippen LogP) is -1.30. The first-order valence-electron chi connectivity index (χ1n) is 16.0. The largest absolute Gasteiger partial charge is 0.394 e. The van der Waals surface area contributed by atoms with Gasteiger partial charge < -0.3 is 64.9 Å². The molecule has 3 aliphatic carbocycles. The lowest BCUT2D eigenvalue weighted by atomic mass is 9.44. The first-order chi connectivity index (χ1) is 21.1. The van der Waals surface area contributed by atoms with Crippen LogP contribution in [0.3, 0.4) is 0 Å². The number of fused-ring (bicyclic) bond motifs is 3. The SMILES string of the molecule is C=C[C@@]1(C)CC[C@H]2C(=CC[C@@H]3[C@]2(C)C[C@@H](O)[C@H](O)[C@]3(C)CO[C@@H]2O[C@H](CO[C@H]3O[C@H](CO)[C@@H](O)[C@H](O)[C@H]3O)[C@@H](O)[C@@H](O)[C@@H]2O)C1. The summed E-state index contributed by atoms with van der Waals surface area (Å²) in [7, 11) is 0. The normalized spacial score (nSPS) is 53.6. The first kappa shape index (κ1) is 35.3. The highest BCUT2D eigenvalue weighted by atomic mass is 16.7. The van der Waals surface area contributed by atoms with Gasteiger partial charge in [0.05, 0.1) is 32.0 Å². The van der Waals surface area contributed by atoms with Gasteiger partial charge in [-0.3, -0.25) is 0 Å². The van der Waals surface area contributed by atoms with Crippen molar-refractivity contribution in [3.05, 3.63) is 24.3 Å². The van der Waals surface area contributed by atoms with E-state index in [2.05, 4.69) is 26.5 Å². The zero-order valence-corrected chi connectivity index (χ0v) is 26.3. The van der Waals surface area contributed by atoms with Crippen molar-refractivity contribution < 1.29 is 64.9 Å². The van der Waals surface area contributed by atoms with Crippen molar-refractivity contribution in [1.29, 1.82) is 0 Å². The molecule has 0 aromatic carbocycles. The van der Waals surface area contributed by atoms with E-state index in [4.69, 9.17) is 18.9 Å². The maximum atomic E-state index is 11.4. The van der Waals surface area contributed by atoms with Gasteiger partial charge in [-0.2, -0.15) is 0 Å². The molecule has 0 aromatic rings. The molecule has 2 saturated heterocycles. The van der Waals surface area contributed by atoms with Crippen molar-refractivity contribution in [3.8, 4) is 0 Å². The van der Waals surface area contributed by atoms with Gasteiger partial charge in [-0.1, -0.05) is 38.5 Å². The maximum absolute atomic E-state index is 11.4. The number of hydrogen-bond acceptors (Lipinski definition) is 13. The maximum Gasteiger partial charge on any atom is 0.186 e. The van der Waals surface area contributed by atoms with Crippen LogP contribution < -0.4 is 0 Å². The van der Waals surface area contributed by atoms with Crippen LogP contribution in [0.2, 0.25) is 0 Å². The molecule has 0 radical (unpaired) electrons. The van der Waals surface area contributed by atoms with Crippen molar-refractivity contribution in [1.82, 2.24) is 0 Å². The highest BCUT2D eigenvalue weighted by Gasteiger charge is 2.61. The molecule has 2 heterocycles. The Hall–Kier alpha value is -1.04. The van der Waals surface area contributed by atoms with Crippen LogP contribution in [0, 0.1) is 28.1 Å². The second-order valence-electron chi connectivity index (χ2n) is 14.8. The van der Waals surface area contributed by atoms with Crippen LogP contribution in [-0.4, -0.2) is 139 Å². The van der Waals surface area contributed by atoms with E-state index in [0.29, 0.717) is 12.8 Å². The molecule has 17 atom stereocenters. The summed E-state index contributed by atoms with van der Waals surface area (Å²) in [5.74, 6) is 0.148. The fraction of sp³-hybridized carbons (Fsp3) is 0.875. The first-order valence-corrected chi connectivity index (χ1v) is 16.0. The zero-order valence-electron chi connectivity index (χ0n) is 26.3. The Morgan fingerprint density at radius 2 is 1.47 bits per heavy atom. The van der Waals surface area contributed by atoms with Crippen LogP contribution in [0.1, 0.15) is 52.9 Å². The van der Waals surface area contributed by atoms with E-state index < -0.39 is 92.2 Å². The van der Waals surface area contributed by atoms with Gasteiger partial charge in [-0.25, -0.2) is 0 Å². The standard InChI is InChI=1S/C32H52O13/c1-5-30(2)9-8-16-15(10-30)6-7-20-31(16,3)11-17(34)27(41)32(20,4)14-43-29-26(40)24(38)22(36)19(45-29)13-42-28-25(39)23(37)21(35)18(12-33)44-28/h5-6,16-29,33-41H,1,7-14H2,2-4H3/t16-,17+,18+,19+,20+,21+,22+,23-,24+,25+,26-,27-,28-,29+,30-,31+,32+/m0/s1. The second kappa shape index (κ2) is 13.1. The van der Waals surface area contributed by atoms with Crippen molar-refractivity contribution >= 4 is 0 Å². The molecule has 5 aliphatic rings. The molecule has 0 spiro atoms. The van der Waals surface area contributed by atoms with E-state index in [1.807, 2.05) is 13.0 Å². The zero-order chi connectivity index (χ0) is 33.1. The van der Waals surface area contributed by atoms with Gasteiger partial charge in [0.15, 0.2) is 12.6 Å². The summed E-state index contributed by atoms with van der Waals surface area (Å²) in [6.45, 7) is 9.03. The molecule has 0 amide bonds. The monoisotopic (exact) mass is 644 g/mol. The summed E-state index contributed by atoms with van der Waals surface area (Å²) >= 11 is 0. The van der Waals surface area contributed by atoms with Crippen LogP contribution in [0.5, 0.6) is 0 Å². The predicted molar refractivity (Wildman–Crippen MR) is 157 cm³/mol. The number of aliphatic hydroxyl groups is 9. The summed E-state index contributed by atoms with van der Waals surface area (Å²) in [6, 6.07) is 0. The quantitative estimate of drug-likeness (QED) is 0.141. The average Bonchev–Trinajstić information content (AvgIpc) is 3.01. The molecular weight excluding hydrogens is 592 g/mol. The van der Waals surface area contributed by atoms with Gasteiger partial charge in [0.2, 0.25) is 0 Å². The van der Waals surface area contributed by atoms with E-state index in [-0.39, 0.29) is 29.3 Å². The van der Waals surface area contributed by atoms with Crippen molar-refractivity contribution in [2.24, 2.45) is 28.1 Å². The molecule has 0 aromatic heterocycles. The fourth-order valence-electron chi connectivity index (χ4n) is 8.81. The number of rotatable bonds is 8. The third kappa shape index (κ3) is 6.18. The third-order valence-corrected chi connectivity index (χ3v) is 11.7. The fourth-order valence-corrected chi connectivity index (χ4v) is 8.81. The van der Waals surface area contributed by atoms with Crippen LogP contribution >= 0.6 is 0 Å². The summed E-state index contributed by atoms with van der Waals surface area (Å²) in [6.07, 6.45) is -9.25.